The van der Waals surface area contributed by atoms with Gasteiger partial charge in [-0.2, -0.15) is 0 Å². The highest BCUT2D eigenvalue weighted by Gasteiger charge is 2.42. The number of hydrogen-bond donors (Lipinski definition) is 2. The number of carbonyl (C=O) groups excluding carboxylic acids is 2. The van der Waals surface area contributed by atoms with Gasteiger partial charge in [-0.05, 0) is 56.7 Å². The third-order valence-electron chi connectivity index (χ3n) is 8.02. The van der Waals surface area contributed by atoms with Crippen molar-refractivity contribution in [3.05, 3.63) is 41.2 Å². The number of imidazole rings is 1. The molecule has 2 heterocycles. The number of rotatable bonds is 1. The molecular weight excluding hydrogens is 456 g/mol. The first-order chi connectivity index (χ1) is 16.8. The summed E-state index contributed by atoms with van der Waals surface area (Å²) < 4.78 is 7.91. The van der Waals surface area contributed by atoms with Crippen molar-refractivity contribution in [1.82, 2.24) is 9.55 Å². The highest BCUT2D eigenvalue weighted by Crippen LogP contribution is 2.33. The lowest BCUT2D eigenvalue weighted by atomic mass is 9.73. The summed E-state index contributed by atoms with van der Waals surface area (Å²) in [6, 6.07) is 5.90. The number of carbonyl (C=O) groups is 2. The van der Waals surface area contributed by atoms with Crippen LogP contribution in [0.5, 0.6) is 0 Å². The van der Waals surface area contributed by atoms with Gasteiger partial charge in [-0.25, -0.2) is 4.98 Å². The molecule has 0 fully saturated rings. The van der Waals surface area contributed by atoms with Crippen LogP contribution in [0.3, 0.4) is 0 Å². The minimum atomic E-state index is -1.23. The number of allylic oxidation sites excluding steroid dienone is 1. The lowest BCUT2D eigenvalue weighted by Crippen LogP contribution is -2.45. The van der Waals surface area contributed by atoms with Crippen LogP contribution in [0.1, 0.15) is 84.2 Å². The molecule has 2 unspecified atom stereocenters. The number of aromatic nitrogens is 2. The number of esters is 1. The number of aliphatic hydroxyl groups is 2. The zero-order chi connectivity index (χ0) is 26.8. The smallest absolute Gasteiger partial charge is 0.309 e. The van der Waals surface area contributed by atoms with Crippen LogP contribution in [-0.2, 0) is 21.4 Å². The molecule has 0 saturated carbocycles. The summed E-state index contributed by atoms with van der Waals surface area (Å²) in [5, 5.41) is 21.7. The molecule has 0 spiro atoms. The molecule has 2 N–H and O–H groups in total. The summed E-state index contributed by atoms with van der Waals surface area (Å²) in [4.78, 5) is 30.8. The van der Waals surface area contributed by atoms with Gasteiger partial charge in [0, 0.05) is 19.4 Å². The number of ether oxygens (including phenoxy) is 1. The van der Waals surface area contributed by atoms with E-state index in [9.17, 15) is 19.8 Å². The second kappa shape index (κ2) is 11.3. The Morgan fingerprint density at radius 3 is 2.53 bits per heavy atom. The van der Waals surface area contributed by atoms with Gasteiger partial charge < -0.3 is 19.5 Å². The third kappa shape index (κ3) is 6.06. The molecule has 0 bridgehead atoms. The van der Waals surface area contributed by atoms with Gasteiger partial charge >= 0.3 is 5.97 Å². The molecule has 1 aromatic carbocycles. The zero-order valence-corrected chi connectivity index (χ0v) is 22.7. The molecule has 3 rings (SSSR count). The second-order valence-corrected chi connectivity index (χ2v) is 11.2. The maximum absolute atomic E-state index is 13.2. The molecule has 0 radical (unpaired) electrons. The summed E-state index contributed by atoms with van der Waals surface area (Å²) in [7, 11) is 1.97. The van der Waals surface area contributed by atoms with Gasteiger partial charge in [-0.15, -0.1) is 0 Å². The average molecular weight is 499 g/mol. The Morgan fingerprint density at radius 2 is 1.83 bits per heavy atom. The van der Waals surface area contributed by atoms with Crippen LogP contribution in [0.2, 0.25) is 0 Å². The van der Waals surface area contributed by atoms with Gasteiger partial charge in [0.05, 0.1) is 35.1 Å². The van der Waals surface area contributed by atoms with Crippen LogP contribution in [0.25, 0.3) is 11.0 Å². The first-order valence-electron chi connectivity index (χ1n) is 13.0. The first-order valence-corrected chi connectivity index (χ1v) is 13.0. The van der Waals surface area contributed by atoms with E-state index in [1.54, 1.807) is 20.8 Å². The van der Waals surface area contributed by atoms with Gasteiger partial charge in [0.25, 0.3) is 0 Å². The number of cyclic esters (lactones) is 1. The number of Topliss-reactive ketones (excluding diaryl/α,β-unsaturated/α-hetero) is 1. The minimum absolute atomic E-state index is 0.0520. The Morgan fingerprint density at radius 1 is 1.14 bits per heavy atom. The van der Waals surface area contributed by atoms with Crippen LogP contribution >= 0.6 is 0 Å². The van der Waals surface area contributed by atoms with E-state index in [0.717, 1.165) is 41.7 Å². The first kappa shape index (κ1) is 28.1. The van der Waals surface area contributed by atoms with E-state index in [4.69, 9.17) is 4.74 Å². The molecule has 1 aromatic heterocycles. The van der Waals surface area contributed by atoms with Gasteiger partial charge in [0.1, 0.15) is 17.7 Å². The Labute approximate surface area is 214 Å². The average Bonchev–Trinajstić information content (AvgIpc) is 3.11. The Balaban J connectivity index is 1.93. The summed E-state index contributed by atoms with van der Waals surface area (Å²) in [5.74, 6) is -0.616. The molecule has 7 nitrogen and oxygen atoms in total. The highest BCUT2D eigenvalue weighted by molar-refractivity contribution is 5.88. The van der Waals surface area contributed by atoms with Crippen LogP contribution < -0.4 is 0 Å². The van der Waals surface area contributed by atoms with Crippen molar-refractivity contribution >= 4 is 22.8 Å². The molecule has 1 aliphatic heterocycles. The van der Waals surface area contributed by atoms with Gasteiger partial charge in [-0.3, -0.25) is 9.59 Å². The summed E-state index contributed by atoms with van der Waals surface area (Å²) in [5.41, 5.74) is 2.67. The summed E-state index contributed by atoms with van der Waals surface area (Å²) in [6.45, 7) is 10.9. The van der Waals surface area contributed by atoms with Crippen molar-refractivity contribution in [2.75, 3.05) is 0 Å². The normalized spacial score (nSPS) is 29.1. The number of hydrogen-bond acceptors (Lipinski definition) is 6. The highest BCUT2D eigenvalue weighted by atomic mass is 16.5. The molecule has 0 amide bonds. The Bertz CT molecular complexity index is 1130. The maximum atomic E-state index is 13.2. The van der Waals surface area contributed by atoms with Crippen molar-refractivity contribution < 1.29 is 24.5 Å². The Hall–Kier alpha value is -2.51. The van der Waals surface area contributed by atoms with E-state index >= 15 is 0 Å². The molecule has 0 saturated heterocycles. The third-order valence-corrected chi connectivity index (χ3v) is 8.02. The number of ketones is 1. The summed E-state index contributed by atoms with van der Waals surface area (Å²) in [6.07, 6.45) is 2.28. The van der Waals surface area contributed by atoms with Crippen molar-refractivity contribution in [3.63, 3.8) is 0 Å². The molecule has 0 aliphatic carbocycles. The van der Waals surface area contributed by atoms with E-state index in [1.807, 2.05) is 43.7 Å². The minimum Gasteiger partial charge on any atom is -0.457 e. The molecule has 198 valence electrons. The van der Waals surface area contributed by atoms with E-state index in [-0.39, 0.29) is 18.1 Å². The van der Waals surface area contributed by atoms with Crippen molar-refractivity contribution in [1.29, 1.82) is 0 Å². The van der Waals surface area contributed by atoms with Crippen LogP contribution in [0, 0.1) is 24.2 Å². The van der Waals surface area contributed by atoms with E-state index in [1.165, 1.54) is 5.57 Å². The van der Waals surface area contributed by atoms with Crippen LogP contribution in [0.15, 0.2) is 29.8 Å². The number of benzene rings is 1. The fourth-order valence-electron chi connectivity index (χ4n) is 5.09. The van der Waals surface area contributed by atoms with Crippen LogP contribution in [0.4, 0.5) is 0 Å². The number of aliphatic hydroxyl groups excluding tert-OH is 2. The van der Waals surface area contributed by atoms with Crippen molar-refractivity contribution in [2.45, 2.75) is 92.0 Å². The molecule has 5 atom stereocenters. The number of aryl methyl sites for hydroxylation is 2. The fraction of sp³-hybridized carbons (Fsp3) is 0.621. The maximum Gasteiger partial charge on any atom is 0.309 e. The predicted octanol–water partition coefficient (Wildman–Crippen LogP) is 4.97. The van der Waals surface area contributed by atoms with E-state index in [2.05, 4.69) is 18.0 Å². The predicted molar refractivity (Wildman–Crippen MR) is 140 cm³/mol. The summed E-state index contributed by atoms with van der Waals surface area (Å²) >= 11 is 0. The molecule has 2 aromatic rings. The quantitative estimate of drug-likeness (QED) is 0.425. The largest absolute Gasteiger partial charge is 0.457 e. The van der Waals surface area contributed by atoms with Crippen molar-refractivity contribution in [3.8, 4) is 0 Å². The lowest BCUT2D eigenvalue weighted by molar-refractivity contribution is -0.155. The molecule has 7 heteroatoms. The number of fused-ring (bicyclic) bond motifs is 1. The van der Waals surface area contributed by atoms with E-state index < -0.39 is 35.6 Å². The van der Waals surface area contributed by atoms with Gasteiger partial charge in [0.15, 0.2) is 0 Å². The van der Waals surface area contributed by atoms with Crippen LogP contribution in [-0.4, -0.2) is 43.7 Å². The van der Waals surface area contributed by atoms with Gasteiger partial charge in [-0.1, -0.05) is 45.4 Å². The van der Waals surface area contributed by atoms with Gasteiger partial charge in [0.2, 0.25) is 0 Å². The molecular formula is C29H42N2O5. The van der Waals surface area contributed by atoms with E-state index in [0.29, 0.717) is 6.42 Å². The molecule has 1 aliphatic rings. The monoisotopic (exact) mass is 498 g/mol. The lowest BCUT2D eigenvalue weighted by Gasteiger charge is -2.34. The number of nitrogens with zero attached hydrogens (tertiary/aromatic N) is 2. The zero-order valence-electron chi connectivity index (χ0n) is 22.7. The standard InChI is InChI=1S/C29H42N2O5/c1-17-9-8-10-18(2)27(34)19(3)28(35)29(5,6)25(32)16-26(33)36-24(14-11-17)21-12-13-23-22(15-21)30-20(4)31(23)7/h11-13,15,18-19,24-25,27,32,34H,8-10,14,16H2,1-7H3/t18-,19+,24?,25-,27?/m0/s1. The van der Waals surface area contributed by atoms with Crippen molar-refractivity contribution in [2.24, 2.45) is 24.3 Å². The Kier molecular flexibility index (Phi) is 8.78. The topological polar surface area (TPSA) is 102 Å². The molecule has 36 heavy (non-hydrogen) atoms. The SMILES string of the molecule is CC1=CCC(c2ccc3c(c2)nc(C)n3C)OC(=O)C[C@H](O)C(C)(C)C(=O)[C@H](C)C(O)[C@@H](C)CCC1. The second-order valence-electron chi connectivity index (χ2n) is 11.2. The fourth-order valence-corrected chi connectivity index (χ4v) is 5.09.